The summed E-state index contributed by atoms with van der Waals surface area (Å²) in [6.07, 6.45) is 2.44. The standard InChI is InChI=1S/C28H27ClF2N6O4/c29-17-11-20(25(26(30)31)34-12-17)27(39)35-18-7-5-16(6-8-18)14-36-21-3-1-2-4-22(21)37(28(36)40)19-9-10-24(33-13-19)41-15-23(32)38/h1-4,9-13,16,18,26H,5-8,14-15H2,(H2,32,38)(H,35,39). The third-order valence-corrected chi connectivity index (χ3v) is 7.34. The number of pyridine rings is 2. The van der Waals surface area contributed by atoms with E-state index in [1.807, 2.05) is 24.3 Å². The zero-order chi connectivity index (χ0) is 29.1. The normalized spacial score (nSPS) is 17.1. The van der Waals surface area contributed by atoms with Crippen molar-refractivity contribution in [1.29, 1.82) is 0 Å². The molecule has 1 fully saturated rings. The van der Waals surface area contributed by atoms with Crippen molar-refractivity contribution in [3.8, 4) is 11.6 Å². The number of ether oxygens (including phenoxy) is 1. The second kappa shape index (κ2) is 12.0. The highest BCUT2D eigenvalue weighted by molar-refractivity contribution is 6.30. The second-order valence-electron chi connectivity index (χ2n) is 9.91. The number of imidazole rings is 1. The first-order valence-electron chi connectivity index (χ1n) is 13.0. The number of aromatic nitrogens is 4. The topological polar surface area (TPSA) is 134 Å². The summed E-state index contributed by atoms with van der Waals surface area (Å²) in [4.78, 5) is 45.1. The molecular weight excluding hydrogens is 558 g/mol. The fourth-order valence-electron chi connectivity index (χ4n) is 5.19. The number of fused-ring (bicyclic) bond motifs is 1. The predicted molar refractivity (Wildman–Crippen MR) is 147 cm³/mol. The van der Waals surface area contributed by atoms with E-state index in [9.17, 15) is 23.2 Å². The number of nitrogens with two attached hydrogens (primary N) is 1. The van der Waals surface area contributed by atoms with Gasteiger partial charge >= 0.3 is 5.69 Å². The Kier molecular flexibility index (Phi) is 8.29. The SMILES string of the molecule is NC(=O)COc1ccc(-n2c(=O)n(CC3CCC(NC(=O)c4cc(Cl)cnc4C(F)F)CC3)c3ccccc32)cn1. The van der Waals surface area contributed by atoms with Crippen molar-refractivity contribution >= 4 is 34.4 Å². The lowest BCUT2D eigenvalue weighted by atomic mass is 9.85. The molecule has 0 unspecified atom stereocenters. The van der Waals surface area contributed by atoms with Gasteiger partial charge in [0.25, 0.3) is 18.2 Å². The lowest BCUT2D eigenvalue weighted by Crippen LogP contribution is -2.39. The average molecular weight is 585 g/mol. The number of nitrogens with one attached hydrogen (secondary N) is 1. The van der Waals surface area contributed by atoms with Crippen LogP contribution in [0, 0.1) is 5.92 Å². The molecule has 214 valence electrons. The van der Waals surface area contributed by atoms with Crippen LogP contribution in [0.3, 0.4) is 0 Å². The van der Waals surface area contributed by atoms with Crippen molar-refractivity contribution in [3.05, 3.63) is 81.6 Å². The van der Waals surface area contributed by atoms with Gasteiger partial charge in [0.1, 0.15) is 5.69 Å². The van der Waals surface area contributed by atoms with E-state index in [4.69, 9.17) is 22.1 Å². The van der Waals surface area contributed by atoms with Gasteiger partial charge in [-0.2, -0.15) is 0 Å². The summed E-state index contributed by atoms with van der Waals surface area (Å²) in [6.45, 7) is 0.181. The maximum Gasteiger partial charge on any atom is 0.333 e. The molecule has 1 aromatic carbocycles. The van der Waals surface area contributed by atoms with E-state index in [1.54, 1.807) is 21.3 Å². The van der Waals surface area contributed by atoms with Crippen molar-refractivity contribution in [3.63, 3.8) is 0 Å². The number of primary amides is 1. The Morgan fingerprint density at radius 2 is 1.80 bits per heavy atom. The number of hydrogen-bond acceptors (Lipinski definition) is 6. The van der Waals surface area contributed by atoms with Gasteiger partial charge in [-0.1, -0.05) is 23.7 Å². The number of benzene rings is 1. The number of hydrogen-bond donors (Lipinski definition) is 2. The minimum atomic E-state index is -2.90. The lowest BCUT2D eigenvalue weighted by molar-refractivity contribution is -0.120. The van der Waals surface area contributed by atoms with Gasteiger partial charge in [-0.05, 0) is 55.9 Å². The van der Waals surface area contributed by atoms with Crippen molar-refractivity contribution in [1.82, 2.24) is 24.4 Å². The molecule has 13 heteroatoms. The highest BCUT2D eigenvalue weighted by atomic mass is 35.5. The number of halogens is 3. The Morgan fingerprint density at radius 1 is 1.07 bits per heavy atom. The Bertz CT molecular complexity index is 1630. The molecule has 4 aromatic rings. The van der Waals surface area contributed by atoms with Gasteiger partial charge in [-0.15, -0.1) is 0 Å². The highest BCUT2D eigenvalue weighted by Crippen LogP contribution is 2.29. The van der Waals surface area contributed by atoms with Crippen LogP contribution in [-0.2, 0) is 11.3 Å². The monoisotopic (exact) mass is 584 g/mol. The number of alkyl halides is 2. The molecule has 41 heavy (non-hydrogen) atoms. The van der Waals surface area contributed by atoms with Crippen LogP contribution < -0.4 is 21.5 Å². The third-order valence-electron chi connectivity index (χ3n) is 7.14. The predicted octanol–water partition coefficient (Wildman–Crippen LogP) is 4.03. The quantitative estimate of drug-likeness (QED) is 0.305. The lowest BCUT2D eigenvalue weighted by Gasteiger charge is -2.29. The van der Waals surface area contributed by atoms with Gasteiger partial charge in [0.15, 0.2) is 6.61 Å². The molecule has 5 rings (SSSR count). The average Bonchev–Trinajstić information content (AvgIpc) is 3.23. The largest absolute Gasteiger partial charge is 0.468 e. The number of carbonyl (C=O) groups is 2. The number of rotatable bonds is 9. The first kappa shape index (κ1) is 28.2. The van der Waals surface area contributed by atoms with Gasteiger partial charge in [-0.3, -0.25) is 23.7 Å². The van der Waals surface area contributed by atoms with E-state index in [2.05, 4.69) is 15.3 Å². The Balaban J connectivity index is 1.28. The van der Waals surface area contributed by atoms with E-state index < -0.39 is 23.9 Å². The Labute approximate surface area is 238 Å². The van der Waals surface area contributed by atoms with Gasteiger partial charge in [0.05, 0.1) is 33.5 Å². The van der Waals surface area contributed by atoms with E-state index >= 15 is 0 Å². The second-order valence-corrected chi connectivity index (χ2v) is 10.3. The maximum atomic E-state index is 13.6. The summed E-state index contributed by atoms with van der Waals surface area (Å²) < 4.78 is 35.2. The van der Waals surface area contributed by atoms with Crippen LogP contribution in [0.25, 0.3) is 16.7 Å². The zero-order valence-corrected chi connectivity index (χ0v) is 22.6. The van der Waals surface area contributed by atoms with Crippen LogP contribution in [0.4, 0.5) is 8.78 Å². The Hall–Kier alpha value is -4.32. The molecule has 1 aliphatic carbocycles. The number of carbonyl (C=O) groups excluding carboxylic acids is 2. The molecule has 1 saturated carbocycles. The van der Waals surface area contributed by atoms with Crippen LogP contribution in [0.2, 0.25) is 5.02 Å². The zero-order valence-electron chi connectivity index (χ0n) is 21.8. The minimum absolute atomic E-state index is 0.107. The fourth-order valence-corrected chi connectivity index (χ4v) is 5.34. The van der Waals surface area contributed by atoms with Crippen molar-refractivity contribution in [2.45, 2.75) is 44.7 Å². The highest BCUT2D eigenvalue weighted by Gasteiger charge is 2.27. The molecule has 3 N–H and O–H groups in total. The molecule has 0 atom stereocenters. The molecule has 0 radical (unpaired) electrons. The Morgan fingerprint density at radius 3 is 2.46 bits per heavy atom. The molecule has 10 nitrogen and oxygen atoms in total. The first-order valence-corrected chi connectivity index (χ1v) is 13.4. The molecule has 3 heterocycles. The molecule has 0 spiro atoms. The van der Waals surface area contributed by atoms with Crippen molar-refractivity contribution < 1.29 is 23.1 Å². The number of amides is 2. The van der Waals surface area contributed by atoms with Crippen molar-refractivity contribution in [2.75, 3.05) is 6.61 Å². The summed E-state index contributed by atoms with van der Waals surface area (Å²) in [6, 6.07) is 11.7. The van der Waals surface area contributed by atoms with E-state index in [-0.39, 0.29) is 40.7 Å². The van der Waals surface area contributed by atoms with Crippen LogP contribution in [0.5, 0.6) is 5.88 Å². The summed E-state index contributed by atoms with van der Waals surface area (Å²) in [7, 11) is 0. The van der Waals surface area contributed by atoms with Gasteiger partial charge in [-0.25, -0.2) is 18.6 Å². The van der Waals surface area contributed by atoms with Gasteiger partial charge < -0.3 is 15.8 Å². The molecule has 0 bridgehead atoms. The van der Waals surface area contributed by atoms with Crippen LogP contribution in [0.15, 0.2) is 59.7 Å². The molecule has 0 saturated heterocycles. The first-order chi connectivity index (χ1) is 19.7. The van der Waals surface area contributed by atoms with Crippen LogP contribution >= 0.6 is 11.6 Å². The van der Waals surface area contributed by atoms with E-state index in [1.165, 1.54) is 12.3 Å². The third kappa shape index (κ3) is 6.22. The summed E-state index contributed by atoms with van der Waals surface area (Å²) in [5, 5.41) is 2.95. The maximum absolute atomic E-state index is 13.6. The van der Waals surface area contributed by atoms with Crippen LogP contribution in [-0.4, -0.2) is 43.6 Å². The van der Waals surface area contributed by atoms with Crippen LogP contribution in [0.1, 0.15) is 48.2 Å². The van der Waals surface area contributed by atoms with E-state index in [0.717, 1.165) is 30.1 Å². The summed E-state index contributed by atoms with van der Waals surface area (Å²) >= 11 is 5.89. The number of para-hydroxylation sites is 2. The summed E-state index contributed by atoms with van der Waals surface area (Å²) in [5.41, 5.74) is 6.10. The van der Waals surface area contributed by atoms with Gasteiger partial charge in [0, 0.05) is 24.8 Å². The smallest absolute Gasteiger partial charge is 0.333 e. The minimum Gasteiger partial charge on any atom is -0.468 e. The fraction of sp³-hybridized carbons (Fsp3) is 0.321. The molecule has 0 aliphatic heterocycles. The molecule has 3 aromatic heterocycles. The van der Waals surface area contributed by atoms with Gasteiger partial charge in [0.2, 0.25) is 5.88 Å². The van der Waals surface area contributed by atoms with Crippen molar-refractivity contribution in [2.24, 2.45) is 11.7 Å². The molecule has 1 aliphatic rings. The number of nitrogens with zero attached hydrogens (tertiary/aromatic N) is 4. The van der Waals surface area contributed by atoms with E-state index in [0.29, 0.717) is 25.1 Å². The molecule has 2 amide bonds. The summed E-state index contributed by atoms with van der Waals surface area (Å²) in [5.74, 6) is -0.860. The molecular formula is C28H27ClF2N6O4.